The Balaban J connectivity index is 1.32. The minimum absolute atomic E-state index is 0.208. The summed E-state index contributed by atoms with van der Waals surface area (Å²) in [5.74, 6) is 0. The fraction of sp³-hybridized carbons (Fsp3) is 0.318. The second-order valence-corrected chi connectivity index (χ2v) is 7.07. The second kappa shape index (κ2) is 8.35. The lowest BCUT2D eigenvalue weighted by molar-refractivity contribution is 0.251. The Bertz CT molecular complexity index is 944. The van der Waals surface area contributed by atoms with Crippen LogP contribution in [0.1, 0.15) is 12.5 Å². The minimum atomic E-state index is -0.208. The number of rotatable bonds is 5. The number of nitrogens with one attached hydrogen (secondary N) is 2. The highest BCUT2D eigenvalue weighted by Crippen LogP contribution is 2.21. The lowest BCUT2D eigenvalue weighted by Crippen LogP contribution is -2.46. The van der Waals surface area contributed by atoms with E-state index in [0.29, 0.717) is 6.54 Å². The van der Waals surface area contributed by atoms with Crippen molar-refractivity contribution < 1.29 is 9.21 Å². The predicted octanol–water partition coefficient (Wildman–Crippen LogP) is 3.90. The van der Waals surface area contributed by atoms with Gasteiger partial charge >= 0.3 is 6.03 Å². The van der Waals surface area contributed by atoms with E-state index < -0.39 is 0 Å². The molecule has 0 bridgehead atoms. The summed E-state index contributed by atoms with van der Waals surface area (Å²) in [6.07, 6.45) is 1.67. The van der Waals surface area contributed by atoms with Gasteiger partial charge < -0.3 is 24.9 Å². The first-order valence-electron chi connectivity index (χ1n) is 9.79. The number of likely N-dealkylation sites (N-methyl/N-ethyl adjacent to an activating group) is 1. The summed E-state index contributed by atoms with van der Waals surface area (Å²) in [6.45, 7) is 7.95. The zero-order valence-corrected chi connectivity index (χ0v) is 16.1. The zero-order chi connectivity index (χ0) is 19.3. The lowest BCUT2D eigenvalue weighted by atomic mass is 10.1. The summed E-state index contributed by atoms with van der Waals surface area (Å²) >= 11 is 0. The monoisotopic (exact) mass is 378 g/mol. The van der Waals surface area contributed by atoms with E-state index in [1.807, 2.05) is 42.5 Å². The third-order valence-electron chi connectivity index (χ3n) is 5.26. The minimum Gasteiger partial charge on any atom is -0.464 e. The maximum absolute atomic E-state index is 12.3. The van der Waals surface area contributed by atoms with E-state index in [2.05, 4.69) is 33.4 Å². The molecule has 0 aliphatic carbocycles. The SMILES string of the molecule is CCN1CCN(c2cccc(NC(=O)NCc3ccc4occc4c3)c2)CC1. The van der Waals surface area contributed by atoms with Gasteiger partial charge in [0, 0.05) is 49.5 Å². The van der Waals surface area contributed by atoms with Gasteiger partial charge in [-0.15, -0.1) is 0 Å². The lowest BCUT2D eigenvalue weighted by Gasteiger charge is -2.35. The highest BCUT2D eigenvalue weighted by atomic mass is 16.3. The van der Waals surface area contributed by atoms with Gasteiger partial charge in [0.25, 0.3) is 0 Å². The van der Waals surface area contributed by atoms with Crippen molar-refractivity contribution in [1.29, 1.82) is 0 Å². The van der Waals surface area contributed by atoms with E-state index in [0.717, 1.165) is 60.6 Å². The summed E-state index contributed by atoms with van der Waals surface area (Å²) in [5.41, 5.74) is 3.84. The first kappa shape index (κ1) is 18.4. The van der Waals surface area contributed by atoms with Gasteiger partial charge in [0.1, 0.15) is 5.58 Å². The van der Waals surface area contributed by atoms with Crippen LogP contribution in [-0.2, 0) is 6.54 Å². The normalized spacial score (nSPS) is 15.0. The van der Waals surface area contributed by atoms with Crippen LogP contribution in [0.5, 0.6) is 0 Å². The van der Waals surface area contributed by atoms with Crippen LogP contribution in [0.2, 0.25) is 0 Å². The predicted molar refractivity (Wildman–Crippen MR) is 113 cm³/mol. The number of nitrogens with zero attached hydrogens (tertiary/aromatic N) is 2. The van der Waals surface area contributed by atoms with E-state index in [9.17, 15) is 4.79 Å². The molecule has 1 aliphatic heterocycles. The molecule has 2 heterocycles. The number of benzene rings is 2. The molecule has 1 saturated heterocycles. The zero-order valence-electron chi connectivity index (χ0n) is 16.1. The first-order chi connectivity index (χ1) is 13.7. The maximum atomic E-state index is 12.3. The number of piperazine rings is 1. The van der Waals surface area contributed by atoms with Crippen LogP contribution in [0.3, 0.4) is 0 Å². The van der Waals surface area contributed by atoms with E-state index >= 15 is 0 Å². The van der Waals surface area contributed by atoms with Crippen LogP contribution in [-0.4, -0.2) is 43.7 Å². The van der Waals surface area contributed by atoms with Crippen molar-refractivity contribution in [3.63, 3.8) is 0 Å². The van der Waals surface area contributed by atoms with Crippen molar-refractivity contribution in [3.05, 3.63) is 60.4 Å². The fourth-order valence-electron chi connectivity index (χ4n) is 3.59. The number of furan rings is 1. The highest BCUT2D eigenvalue weighted by Gasteiger charge is 2.16. The first-order valence-corrected chi connectivity index (χ1v) is 9.79. The third-order valence-corrected chi connectivity index (χ3v) is 5.26. The van der Waals surface area contributed by atoms with Crippen molar-refractivity contribution >= 4 is 28.4 Å². The Kier molecular flexibility index (Phi) is 5.48. The van der Waals surface area contributed by atoms with Gasteiger partial charge in [-0.2, -0.15) is 0 Å². The summed E-state index contributed by atoms with van der Waals surface area (Å²) in [7, 11) is 0. The molecule has 1 aliphatic rings. The van der Waals surface area contributed by atoms with E-state index in [1.165, 1.54) is 0 Å². The van der Waals surface area contributed by atoms with Gasteiger partial charge in [-0.25, -0.2) is 4.79 Å². The van der Waals surface area contributed by atoms with Gasteiger partial charge in [-0.1, -0.05) is 19.1 Å². The van der Waals surface area contributed by atoms with Gasteiger partial charge in [0.15, 0.2) is 0 Å². The highest BCUT2D eigenvalue weighted by molar-refractivity contribution is 5.90. The average Bonchev–Trinajstić information content (AvgIpc) is 3.20. The molecule has 1 fully saturated rings. The summed E-state index contributed by atoms with van der Waals surface area (Å²) in [5, 5.41) is 6.89. The number of hydrogen-bond donors (Lipinski definition) is 2. The number of amides is 2. The topological polar surface area (TPSA) is 60.8 Å². The average molecular weight is 378 g/mol. The number of carbonyl (C=O) groups excluding carboxylic acids is 1. The van der Waals surface area contributed by atoms with Crippen LogP contribution in [0, 0.1) is 0 Å². The molecule has 2 amide bonds. The number of hydrogen-bond acceptors (Lipinski definition) is 4. The summed E-state index contributed by atoms with van der Waals surface area (Å²) in [4.78, 5) is 17.1. The number of carbonyl (C=O) groups is 1. The molecule has 0 saturated carbocycles. The molecule has 0 radical (unpaired) electrons. The Hall–Kier alpha value is -2.99. The van der Waals surface area contributed by atoms with Crippen LogP contribution >= 0.6 is 0 Å². The van der Waals surface area contributed by atoms with E-state index in [4.69, 9.17) is 4.42 Å². The maximum Gasteiger partial charge on any atom is 0.319 e. The molecule has 6 nitrogen and oxygen atoms in total. The smallest absolute Gasteiger partial charge is 0.319 e. The molecule has 0 atom stereocenters. The van der Waals surface area contributed by atoms with Crippen LogP contribution in [0.15, 0.2) is 59.2 Å². The molecule has 2 N–H and O–H groups in total. The van der Waals surface area contributed by atoms with Crippen molar-refractivity contribution in [2.45, 2.75) is 13.5 Å². The summed E-state index contributed by atoms with van der Waals surface area (Å²) < 4.78 is 5.34. The van der Waals surface area contributed by atoms with Crippen LogP contribution in [0.4, 0.5) is 16.2 Å². The molecular formula is C22H26N4O2. The van der Waals surface area contributed by atoms with E-state index in [-0.39, 0.29) is 6.03 Å². The largest absolute Gasteiger partial charge is 0.464 e. The second-order valence-electron chi connectivity index (χ2n) is 7.07. The van der Waals surface area contributed by atoms with Crippen LogP contribution < -0.4 is 15.5 Å². The molecule has 2 aromatic carbocycles. The van der Waals surface area contributed by atoms with Gasteiger partial charge in [0.2, 0.25) is 0 Å². The van der Waals surface area contributed by atoms with Crippen molar-refractivity contribution in [1.82, 2.24) is 10.2 Å². The van der Waals surface area contributed by atoms with Crippen molar-refractivity contribution in [2.75, 3.05) is 42.9 Å². The number of urea groups is 1. The fourth-order valence-corrected chi connectivity index (χ4v) is 3.59. The van der Waals surface area contributed by atoms with Crippen molar-refractivity contribution in [3.8, 4) is 0 Å². The molecule has 28 heavy (non-hydrogen) atoms. The van der Waals surface area contributed by atoms with E-state index in [1.54, 1.807) is 6.26 Å². The Morgan fingerprint density at radius 2 is 1.93 bits per heavy atom. The molecule has 0 unspecified atom stereocenters. The van der Waals surface area contributed by atoms with Crippen LogP contribution in [0.25, 0.3) is 11.0 Å². The number of fused-ring (bicyclic) bond motifs is 1. The molecule has 1 aromatic heterocycles. The standard InChI is InChI=1S/C22H26N4O2/c1-2-25-9-11-26(12-10-25)20-5-3-4-19(15-20)24-22(27)23-16-17-6-7-21-18(14-17)8-13-28-21/h3-8,13-15H,2,9-12,16H2,1H3,(H2,23,24,27). The third kappa shape index (κ3) is 4.28. The van der Waals surface area contributed by atoms with Gasteiger partial charge in [-0.3, -0.25) is 0 Å². The van der Waals surface area contributed by atoms with Crippen molar-refractivity contribution in [2.24, 2.45) is 0 Å². The molecular weight excluding hydrogens is 352 g/mol. The molecule has 3 aromatic rings. The Labute approximate surface area is 165 Å². The Morgan fingerprint density at radius 1 is 1.07 bits per heavy atom. The molecule has 146 valence electrons. The molecule has 0 spiro atoms. The van der Waals surface area contributed by atoms with Gasteiger partial charge in [0.05, 0.1) is 6.26 Å². The molecule has 6 heteroatoms. The quantitative estimate of drug-likeness (QED) is 0.707. The molecule has 4 rings (SSSR count). The number of anilines is 2. The van der Waals surface area contributed by atoms with Gasteiger partial charge in [-0.05, 0) is 48.5 Å². The summed E-state index contributed by atoms with van der Waals surface area (Å²) in [6, 6.07) is 15.7. The Morgan fingerprint density at radius 3 is 2.75 bits per heavy atom.